The Hall–Kier alpha value is -1.00. The molecule has 0 radical (unpaired) electrons. The molecule has 0 bridgehead atoms. The van der Waals surface area contributed by atoms with Crippen LogP contribution in [0.25, 0.3) is 0 Å². The van der Waals surface area contributed by atoms with Crippen LogP contribution in [-0.2, 0) is 6.54 Å². The summed E-state index contributed by atoms with van der Waals surface area (Å²) in [6, 6.07) is 0. The van der Waals surface area contributed by atoms with Crippen LogP contribution in [0.3, 0.4) is 0 Å². The Bertz CT molecular complexity index is 338. The van der Waals surface area contributed by atoms with E-state index >= 15 is 0 Å². The third-order valence-corrected chi connectivity index (χ3v) is 3.85. The summed E-state index contributed by atoms with van der Waals surface area (Å²) in [4.78, 5) is 10.5. The van der Waals surface area contributed by atoms with E-state index in [1.54, 1.807) is 6.33 Å². The van der Waals surface area contributed by atoms with Crippen molar-refractivity contribution in [1.82, 2.24) is 14.9 Å². The molecule has 1 saturated heterocycles. The molecule has 1 aromatic rings. The third-order valence-electron chi connectivity index (χ3n) is 3.85. The Balaban J connectivity index is 1.98. The lowest BCUT2D eigenvalue weighted by Crippen LogP contribution is -2.44. The van der Waals surface area contributed by atoms with Crippen molar-refractivity contribution < 1.29 is 5.11 Å². The maximum atomic E-state index is 9.57. The fourth-order valence-electron chi connectivity index (χ4n) is 2.64. The van der Waals surface area contributed by atoms with E-state index in [0.717, 1.165) is 38.0 Å². The van der Waals surface area contributed by atoms with E-state index in [-0.39, 0.29) is 5.41 Å². The highest BCUT2D eigenvalue weighted by atomic mass is 16.3. The van der Waals surface area contributed by atoms with Gasteiger partial charge in [0, 0.05) is 43.1 Å². The zero-order valence-corrected chi connectivity index (χ0v) is 10.5. The molecule has 0 unspecified atom stereocenters. The van der Waals surface area contributed by atoms with Gasteiger partial charge in [0.1, 0.15) is 6.33 Å². The predicted molar refractivity (Wildman–Crippen MR) is 66.4 cm³/mol. The highest BCUT2D eigenvalue weighted by Gasteiger charge is 2.33. The van der Waals surface area contributed by atoms with Crippen LogP contribution >= 0.6 is 0 Å². The average molecular weight is 235 g/mol. The number of aliphatic hydroxyl groups is 1. The second kappa shape index (κ2) is 5.56. The largest absolute Gasteiger partial charge is 0.396 e. The molecule has 1 N–H and O–H groups in total. The van der Waals surface area contributed by atoms with E-state index in [1.165, 1.54) is 6.42 Å². The molecule has 0 saturated carbocycles. The Morgan fingerprint density at radius 1 is 1.41 bits per heavy atom. The van der Waals surface area contributed by atoms with Gasteiger partial charge in [0.2, 0.25) is 0 Å². The first kappa shape index (κ1) is 12.5. The molecule has 1 atom stereocenters. The van der Waals surface area contributed by atoms with Crippen molar-refractivity contribution in [3.8, 4) is 0 Å². The lowest BCUT2D eigenvalue weighted by Gasteiger charge is -2.41. The summed E-state index contributed by atoms with van der Waals surface area (Å²) < 4.78 is 0. The topological polar surface area (TPSA) is 49.2 Å². The number of hydrogen-bond donors (Lipinski definition) is 1. The number of aromatic nitrogens is 2. The standard InChI is InChI=1S/C13H21N3O/c1-2-13(10-17)4-3-5-16(9-13)8-12-6-14-11-15-7-12/h6-7,11,17H,2-5,8-10H2,1H3/t13-/m1/s1. The van der Waals surface area contributed by atoms with Gasteiger partial charge in [0.15, 0.2) is 0 Å². The molecule has 1 aliphatic rings. The maximum absolute atomic E-state index is 9.57. The fourth-order valence-corrected chi connectivity index (χ4v) is 2.64. The van der Waals surface area contributed by atoms with Gasteiger partial charge in [-0.3, -0.25) is 4.90 Å². The summed E-state index contributed by atoms with van der Waals surface area (Å²) in [5, 5.41) is 9.57. The summed E-state index contributed by atoms with van der Waals surface area (Å²) in [5.41, 5.74) is 1.26. The van der Waals surface area contributed by atoms with Crippen molar-refractivity contribution in [3.05, 3.63) is 24.3 Å². The van der Waals surface area contributed by atoms with Gasteiger partial charge in [-0.15, -0.1) is 0 Å². The van der Waals surface area contributed by atoms with E-state index in [2.05, 4.69) is 21.8 Å². The minimum absolute atomic E-state index is 0.105. The molecule has 0 aromatic carbocycles. The number of aliphatic hydroxyl groups excluding tert-OH is 1. The van der Waals surface area contributed by atoms with Crippen LogP contribution in [0.5, 0.6) is 0 Å². The average Bonchev–Trinajstić information content (AvgIpc) is 2.40. The van der Waals surface area contributed by atoms with Crippen molar-refractivity contribution in [3.63, 3.8) is 0 Å². The van der Waals surface area contributed by atoms with Crippen LogP contribution in [0.1, 0.15) is 31.7 Å². The number of piperidine rings is 1. The monoisotopic (exact) mass is 235 g/mol. The van der Waals surface area contributed by atoms with Crippen LogP contribution in [0.4, 0.5) is 0 Å². The first-order valence-corrected chi connectivity index (χ1v) is 6.35. The highest BCUT2D eigenvalue weighted by molar-refractivity contribution is 5.02. The third kappa shape index (κ3) is 3.01. The molecule has 1 aromatic heterocycles. The zero-order chi connectivity index (χ0) is 12.1. The van der Waals surface area contributed by atoms with Crippen LogP contribution < -0.4 is 0 Å². The Labute approximate surface area is 103 Å². The molecule has 2 rings (SSSR count). The normalized spacial score (nSPS) is 26.0. The second-order valence-electron chi connectivity index (χ2n) is 5.07. The molecule has 1 fully saturated rings. The summed E-state index contributed by atoms with van der Waals surface area (Å²) in [5.74, 6) is 0. The van der Waals surface area contributed by atoms with Crippen LogP contribution in [-0.4, -0.2) is 39.7 Å². The molecular formula is C13H21N3O. The number of nitrogens with zero attached hydrogens (tertiary/aromatic N) is 3. The van der Waals surface area contributed by atoms with Gasteiger partial charge in [-0.2, -0.15) is 0 Å². The van der Waals surface area contributed by atoms with Gasteiger partial charge >= 0.3 is 0 Å². The predicted octanol–water partition coefficient (Wildman–Crippen LogP) is 1.46. The zero-order valence-electron chi connectivity index (χ0n) is 10.5. The Morgan fingerprint density at radius 3 is 2.82 bits per heavy atom. The molecule has 2 heterocycles. The van der Waals surface area contributed by atoms with Gasteiger partial charge in [0.05, 0.1) is 0 Å². The smallest absolute Gasteiger partial charge is 0.115 e. The van der Waals surface area contributed by atoms with E-state index in [1.807, 2.05) is 12.4 Å². The maximum Gasteiger partial charge on any atom is 0.115 e. The van der Waals surface area contributed by atoms with Crippen molar-refractivity contribution in [2.24, 2.45) is 5.41 Å². The summed E-state index contributed by atoms with van der Waals surface area (Å²) in [6.45, 7) is 5.45. The SMILES string of the molecule is CC[C@@]1(CO)CCCN(Cc2cncnc2)C1. The van der Waals surface area contributed by atoms with E-state index < -0.39 is 0 Å². The van der Waals surface area contributed by atoms with Crippen LogP contribution in [0.15, 0.2) is 18.7 Å². The summed E-state index contributed by atoms with van der Waals surface area (Å²) >= 11 is 0. The molecule has 17 heavy (non-hydrogen) atoms. The number of rotatable bonds is 4. The van der Waals surface area contributed by atoms with Crippen molar-refractivity contribution >= 4 is 0 Å². The minimum Gasteiger partial charge on any atom is -0.396 e. The molecule has 0 amide bonds. The Morgan fingerprint density at radius 2 is 2.18 bits per heavy atom. The van der Waals surface area contributed by atoms with E-state index in [0.29, 0.717) is 6.61 Å². The lowest BCUT2D eigenvalue weighted by molar-refractivity contribution is 0.0257. The first-order chi connectivity index (χ1) is 8.28. The van der Waals surface area contributed by atoms with Gasteiger partial charge in [-0.1, -0.05) is 6.92 Å². The quantitative estimate of drug-likeness (QED) is 0.858. The Kier molecular flexibility index (Phi) is 4.07. The molecule has 0 spiro atoms. The molecular weight excluding hydrogens is 214 g/mol. The number of likely N-dealkylation sites (tertiary alicyclic amines) is 1. The lowest BCUT2D eigenvalue weighted by atomic mass is 9.78. The van der Waals surface area contributed by atoms with Crippen molar-refractivity contribution in [2.75, 3.05) is 19.7 Å². The van der Waals surface area contributed by atoms with Crippen LogP contribution in [0, 0.1) is 5.41 Å². The summed E-state index contributed by atoms with van der Waals surface area (Å²) in [7, 11) is 0. The van der Waals surface area contributed by atoms with Gasteiger partial charge in [-0.25, -0.2) is 9.97 Å². The molecule has 94 valence electrons. The number of hydrogen-bond acceptors (Lipinski definition) is 4. The fraction of sp³-hybridized carbons (Fsp3) is 0.692. The van der Waals surface area contributed by atoms with Crippen molar-refractivity contribution in [1.29, 1.82) is 0 Å². The second-order valence-corrected chi connectivity index (χ2v) is 5.07. The van der Waals surface area contributed by atoms with E-state index in [4.69, 9.17) is 0 Å². The van der Waals surface area contributed by atoms with Crippen molar-refractivity contribution in [2.45, 2.75) is 32.7 Å². The molecule has 4 heteroatoms. The van der Waals surface area contributed by atoms with Gasteiger partial charge < -0.3 is 5.11 Å². The van der Waals surface area contributed by atoms with Gasteiger partial charge in [0.25, 0.3) is 0 Å². The van der Waals surface area contributed by atoms with Crippen LogP contribution in [0.2, 0.25) is 0 Å². The van der Waals surface area contributed by atoms with Gasteiger partial charge in [-0.05, 0) is 25.8 Å². The minimum atomic E-state index is 0.105. The highest BCUT2D eigenvalue weighted by Crippen LogP contribution is 2.33. The molecule has 1 aliphatic heterocycles. The molecule has 0 aliphatic carbocycles. The summed E-state index contributed by atoms with van der Waals surface area (Å²) in [6.07, 6.45) is 8.65. The van der Waals surface area contributed by atoms with E-state index in [9.17, 15) is 5.11 Å². The first-order valence-electron chi connectivity index (χ1n) is 6.35. The molecule has 4 nitrogen and oxygen atoms in total.